The Morgan fingerprint density at radius 1 is 1.12 bits per heavy atom. The summed E-state index contributed by atoms with van der Waals surface area (Å²) in [5.74, 6) is 0.894. The number of halogens is 3. The van der Waals surface area contributed by atoms with E-state index in [1.54, 1.807) is 12.0 Å². The van der Waals surface area contributed by atoms with Crippen LogP contribution < -0.4 is 4.74 Å². The Kier molecular flexibility index (Phi) is 5.46. The normalized spacial score (nSPS) is 17.4. The van der Waals surface area contributed by atoms with Crippen LogP contribution >= 0.6 is 11.8 Å². The minimum absolute atomic E-state index is 0.0755. The Bertz CT molecular complexity index is 760. The lowest BCUT2D eigenvalue weighted by atomic mass is 9.98. The Labute approximate surface area is 154 Å². The van der Waals surface area contributed by atoms with E-state index in [0.717, 1.165) is 17.7 Å². The van der Waals surface area contributed by atoms with Gasteiger partial charge in [0.05, 0.1) is 7.11 Å². The Morgan fingerprint density at radius 3 is 2.35 bits per heavy atom. The van der Waals surface area contributed by atoms with Crippen molar-refractivity contribution < 1.29 is 22.7 Å². The van der Waals surface area contributed by atoms with E-state index in [-0.39, 0.29) is 28.5 Å². The van der Waals surface area contributed by atoms with Gasteiger partial charge in [-0.1, -0.05) is 12.1 Å². The fraction of sp³-hybridized carbons (Fsp3) is 0.316. The van der Waals surface area contributed by atoms with Gasteiger partial charge in [0.1, 0.15) is 5.75 Å². The number of benzene rings is 2. The van der Waals surface area contributed by atoms with Crippen molar-refractivity contribution in [3.05, 3.63) is 59.7 Å². The molecule has 1 aliphatic heterocycles. The highest BCUT2D eigenvalue weighted by atomic mass is 32.2. The van der Waals surface area contributed by atoms with Crippen LogP contribution in [0.4, 0.5) is 13.2 Å². The van der Waals surface area contributed by atoms with E-state index < -0.39 is 5.51 Å². The van der Waals surface area contributed by atoms with Gasteiger partial charge >= 0.3 is 5.51 Å². The van der Waals surface area contributed by atoms with Crippen molar-refractivity contribution in [1.82, 2.24) is 4.90 Å². The van der Waals surface area contributed by atoms with Crippen molar-refractivity contribution in [3.63, 3.8) is 0 Å². The molecule has 3 nitrogen and oxygen atoms in total. The number of ether oxygens (including phenoxy) is 1. The topological polar surface area (TPSA) is 29.5 Å². The molecule has 3 rings (SSSR count). The van der Waals surface area contributed by atoms with Gasteiger partial charge in [-0.25, -0.2) is 0 Å². The fourth-order valence-electron chi connectivity index (χ4n) is 3.07. The minimum Gasteiger partial charge on any atom is -0.497 e. The lowest BCUT2D eigenvalue weighted by Crippen LogP contribution is -2.28. The molecular formula is C19H18F3NO2S. The minimum atomic E-state index is -4.33. The number of carbonyl (C=O) groups excluding carboxylic acids is 1. The number of alkyl halides is 3. The van der Waals surface area contributed by atoms with E-state index in [1.165, 1.54) is 24.3 Å². The molecule has 0 aromatic heterocycles. The number of methoxy groups -OCH3 is 1. The zero-order valence-electron chi connectivity index (χ0n) is 14.1. The summed E-state index contributed by atoms with van der Waals surface area (Å²) in [5.41, 5.74) is -2.77. The van der Waals surface area contributed by atoms with Crippen molar-refractivity contribution in [3.8, 4) is 5.75 Å². The van der Waals surface area contributed by atoms with E-state index >= 15 is 0 Å². The largest absolute Gasteiger partial charge is 0.497 e. The van der Waals surface area contributed by atoms with Crippen molar-refractivity contribution in [2.75, 3.05) is 20.2 Å². The number of nitrogens with zero attached hydrogens (tertiary/aromatic N) is 1. The summed E-state index contributed by atoms with van der Waals surface area (Å²) < 4.78 is 42.3. The van der Waals surface area contributed by atoms with Crippen LogP contribution in [0.5, 0.6) is 5.75 Å². The Morgan fingerprint density at radius 2 is 1.77 bits per heavy atom. The molecule has 1 unspecified atom stereocenters. The number of rotatable bonds is 4. The molecule has 0 saturated carbocycles. The quantitative estimate of drug-likeness (QED) is 0.703. The van der Waals surface area contributed by atoms with Crippen molar-refractivity contribution in [2.24, 2.45) is 0 Å². The summed E-state index contributed by atoms with van der Waals surface area (Å²) in [7, 11) is 1.61. The first-order valence-corrected chi connectivity index (χ1v) is 8.96. The number of thioether (sulfide) groups is 1. The van der Waals surface area contributed by atoms with Crippen LogP contribution in [-0.4, -0.2) is 36.5 Å². The average Bonchev–Trinajstić information content (AvgIpc) is 3.10. The zero-order chi connectivity index (χ0) is 18.7. The molecule has 1 atom stereocenters. The summed E-state index contributed by atoms with van der Waals surface area (Å²) in [6, 6.07) is 13.4. The van der Waals surface area contributed by atoms with Crippen LogP contribution in [0.3, 0.4) is 0 Å². The lowest BCUT2D eigenvalue weighted by molar-refractivity contribution is -0.0328. The fourth-order valence-corrected chi connectivity index (χ4v) is 3.61. The van der Waals surface area contributed by atoms with Gasteiger partial charge in [-0.15, -0.1) is 0 Å². The number of carbonyl (C=O) groups is 1. The lowest BCUT2D eigenvalue weighted by Gasteiger charge is -2.17. The number of hydrogen-bond acceptors (Lipinski definition) is 3. The molecule has 0 aliphatic carbocycles. The number of likely N-dealkylation sites (tertiary alicyclic amines) is 1. The average molecular weight is 381 g/mol. The Balaban J connectivity index is 1.63. The summed E-state index contributed by atoms with van der Waals surface area (Å²) in [6.07, 6.45) is 0.861. The highest BCUT2D eigenvalue weighted by Gasteiger charge is 2.30. The summed E-state index contributed by atoms with van der Waals surface area (Å²) >= 11 is -0.181. The van der Waals surface area contributed by atoms with E-state index in [2.05, 4.69) is 0 Å². The van der Waals surface area contributed by atoms with E-state index in [0.29, 0.717) is 18.7 Å². The first-order chi connectivity index (χ1) is 12.4. The van der Waals surface area contributed by atoms with E-state index in [1.807, 2.05) is 24.3 Å². The molecule has 0 spiro atoms. The highest BCUT2D eigenvalue weighted by molar-refractivity contribution is 8.00. The second-order valence-corrected chi connectivity index (χ2v) is 7.22. The summed E-state index contributed by atoms with van der Waals surface area (Å²) in [5, 5.41) is 0. The molecule has 1 saturated heterocycles. The molecule has 138 valence electrons. The zero-order valence-corrected chi connectivity index (χ0v) is 14.9. The van der Waals surface area contributed by atoms with Gasteiger partial charge in [0.2, 0.25) is 0 Å². The molecule has 1 heterocycles. The Hall–Kier alpha value is -2.15. The number of amides is 1. The van der Waals surface area contributed by atoms with Crippen LogP contribution in [0.25, 0.3) is 0 Å². The predicted octanol–water partition coefficient (Wildman–Crippen LogP) is 4.94. The first-order valence-electron chi connectivity index (χ1n) is 8.15. The van der Waals surface area contributed by atoms with E-state index in [4.69, 9.17) is 4.74 Å². The first kappa shape index (κ1) is 18.6. The van der Waals surface area contributed by atoms with E-state index in [9.17, 15) is 18.0 Å². The molecule has 7 heteroatoms. The predicted molar refractivity (Wildman–Crippen MR) is 94.6 cm³/mol. The molecule has 2 aromatic rings. The maximum absolute atomic E-state index is 12.6. The molecule has 1 amide bonds. The third-order valence-electron chi connectivity index (χ3n) is 4.40. The molecule has 2 aromatic carbocycles. The van der Waals surface area contributed by atoms with Crippen LogP contribution in [0, 0.1) is 0 Å². The second kappa shape index (κ2) is 7.61. The molecule has 0 N–H and O–H groups in total. The second-order valence-electron chi connectivity index (χ2n) is 6.08. The van der Waals surface area contributed by atoms with Gasteiger partial charge in [0.15, 0.2) is 0 Å². The maximum atomic E-state index is 12.6. The van der Waals surface area contributed by atoms with Gasteiger partial charge < -0.3 is 9.64 Å². The summed E-state index contributed by atoms with van der Waals surface area (Å²) in [6.45, 7) is 1.23. The van der Waals surface area contributed by atoms with Gasteiger partial charge in [-0.2, -0.15) is 13.2 Å². The molecule has 0 radical (unpaired) electrons. The van der Waals surface area contributed by atoms with Crippen LogP contribution in [0.1, 0.15) is 28.3 Å². The van der Waals surface area contributed by atoms with Gasteiger partial charge in [0, 0.05) is 29.5 Å². The monoisotopic (exact) mass is 381 g/mol. The number of hydrogen-bond donors (Lipinski definition) is 0. The van der Waals surface area contributed by atoms with Gasteiger partial charge in [-0.05, 0) is 60.1 Å². The van der Waals surface area contributed by atoms with Crippen LogP contribution in [0.2, 0.25) is 0 Å². The summed E-state index contributed by atoms with van der Waals surface area (Å²) in [4.78, 5) is 14.4. The third-order valence-corrected chi connectivity index (χ3v) is 5.14. The van der Waals surface area contributed by atoms with Crippen molar-refractivity contribution in [1.29, 1.82) is 0 Å². The molecule has 26 heavy (non-hydrogen) atoms. The molecule has 1 aliphatic rings. The maximum Gasteiger partial charge on any atom is 0.446 e. The van der Waals surface area contributed by atoms with Gasteiger partial charge in [-0.3, -0.25) is 4.79 Å². The third kappa shape index (κ3) is 4.52. The standard InChI is InChI=1S/C19H18F3NO2S/c1-25-16-6-2-13(3-7-16)15-10-11-23(12-15)18(24)14-4-8-17(9-5-14)26-19(20,21)22/h2-9,15H,10-12H2,1H3. The van der Waals surface area contributed by atoms with Gasteiger partial charge in [0.25, 0.3) is 5.91 Å². The highest BCUT2D eigenvalue weighted by Crippen LogP contribution is 2.37. The molecule has 1 fully saturated rings. The molecule has 0 bridgehead atoms. The van der Waals surface area contributed by atoms with Crippen LogP contribution in [-0.2, 0) is 0 Å². The van der Waals surface area contributed by atoms with Crippen LogP contribution in [0.15, 0.2) is 53.4 Å². The van der Waals surface area contributed by atoms with Crippen molar-refractivity contribution >= 4 is 17.7 Å². The smallest absolute Gasteiger partial charge is 0.446 e. The van der Waals surface area contributed by atoms with Crippen molar-refractivity contribution in [2.45, 2.75) is 22.7 Å². The SMILES string of the molecule is COc1ccc(C2CCN(C(=O)c3ccc(SC(F)(F)F)cc3)C2)cc1. The molecular weight excluding hydrogens is 363 g/mol.